The molecule has 0 aliphatic heterocycles. The van der Waals surface area contributed by atoms with Crippen LogP contribution in [-0.4, -0.2) is 44.2 Å². The molecule has 0 saturated heterocycles. The molecule has 0 fully saturated rings. The maximum atomic E-state index is 8.88. The van der Waals surface area contributed by atoms with Crippen molar-refractivity contribution in [2.45, 2.75) is 0 Å². The zero-order valence-corrected chi connectivity index (χ0v) is 3.50. The van der Waals surface area contributed by atoms with Gasteiger partial charge in [0.1, 0.15) is 0 Å². The average Bonchev–Trinajstić information content (AvgIpc) is 0.722. The number of rotatable bonds is 0. The van der Waals surface area contributed by atoms with Crippen LogP contribution in [0, 0.1) is 0 Å². The Morgan fingerprint density at radius 3 is 1.14 bits per heavy atom. The van der Waals surface area contributed by atoms with E-state index in [1.54, 1.807) is 0 Å². The van der Waals surface area contributed by atoms with Crippen LogP contribution in [0.2, 0.25) is 0 Å². The third-order valence-corrected chi connectivity index (χ3v) is 0. The van der Waals surface area contributed by atoms with Crippen molar-refractivity contribution in [1.82, 2.24) is 0 Å². The van der Waals surface area contributed by atoms with Gasteiger partial charge in [-0.05, 0) is 0 Å². The summed E-state index contributed by atoms with van der Waals surface area (Å²) < 4.78 is 8.88. The molecule has 0 atom stereocenters. The Kier molecular flexibility index (Phi) is 11.6. The van der Waals surface area contributed by atoms with Gasteiger partial charge in [0, 0.05) is 0 Å². The van der Waals surface area contributed by atoms with E-state index < -0.39 is 7.82 Å². The van der Waals surface area contributed by atoms with Crippen LogP contribution in [0.1, 0.15) is 0 Å². The maximum absolute atomic E-state index is 8.88. The molecule has 0 aromatic rings. The molecule has 0 radical (unpaired) electrons. The van der Waals surface area contributed by atoms with Crippen molar-refractivity contribution >= 4 is 37.4 Å². The fourth-order valence-electron chi connectivity index (χ4n) is 0. The first kappa shape index (κ1) is 15.7. The van der Waals surface area contributed by atoms with E-state index >= 15 is 0 Å². The fraction of sp³-hybridized carbons (Fsp3) is 0. The van der Waals surface area contributed by atoms with E-state index in [-0.39, 0.29) is 34.3 Å². The molecule has 0 unspecified atom stereocenters. The van der Waals surface area contributed by atoms with E-state index in [1.807, 2.05) is 0 Å². The average molecular weight is 142 g/mol. The third kappa shape index (κ3) is 165. The normalized spacial score (nSPS) is 8.43. The summed E-state index contributed by atoms with van der Waals surface area (Å²) >= 11 is 0. The molecule has 7 heteroatoms. The zero-order valence-electron chi connectivity index (χ0n) is 2.61. The summed E-state index contributed by atoms with van der Waals surface area (Å²) in [7, 11) is -4.64. The number of hydrogen-bond donors (Lipinski definition) is 3. The minimum atomic E-state index is -4.64. The molecule has 0 bridgehead atoms. The van der Waals surface area contributed by atoms with Crippen LogP contribution in [0.15, 0.2) is 0 Å². The first-order valence-electron chi connectivity index (χ1n) is 0.783. The summed E-state index contributed by atoms with van der Waals surface area (Å²) in [6.45, 7) is 0. The molecule has 7 heavy (non-hydrogen) atoms. The first-order valence-corrected chi connectivity index (χ1v) is 2.35. The first-order chi connectivity index (χ1) is 2.00. The Labute approximate surface area is 61.4 Å². The molecular weight excluding hydrogens is 137 g/mol. The minimum absolute atomic E-state index is 0. The van der Waals surface area contributed by atoms with Crippen molar-refractivity contribution in [2.24, 2.45) is 0 Å². The molecule has 42 valence electrons. The summed E-state index contributed by atoms with van der Waals surface area (Å²) in [5.41, 5.74) is 0. The third-order valence-electron chi connectivity index (χ3n) is 0. The van der Waals surface area contributed by atoms with Crippen LogP contribution < -0.4 is 0 Å². The van der Waals surface area contributed by atoms with Crippen molar-refractivity contribution < 1.29 is 23.9 Å². The molecule has 0 aromatic carbocycles. The Hall–Kier alpha value is 1.04. The molecule has 0 aliphatic carbocycles. The van der Waals surface area contributed by atoms with Crippen molar-refractivity contribution in [3.63, 3.8) is 0 Å². The van der Waals surface area contributed by atoms with Gasteiger partial charge in [0.05, 0.1) is 0 Å². The topological polar surface area (TPSA) is 77.8 Å². The number of halogens is 1. The summed E-state index contributed by atoms with van der Waals surface area (Å²) in [6.07, 6.45) is 0. The van der Waals surface area contributed by atoms with Gasteiger partial charge in [-0.1, -0.05) is 0 Å². The van der Waals surface area contributed by atoms with Crippen molar-refractivity contribution in [3.05, 3.63) is 0 Å². The predicted octanol–water partition coefficient (Wildman–Crippen LogP) is -1.42. The van der Waals surface area contributed by atoms with E-state index in [0.29, 0.717) is 0 Å². The van der Waals surface area contributed by atoms with Crippen molar-refractivity contribution in [3.8, 4) is 0 Å². The molecule has 3 N–H and O–H groups in total. The van der Waals surface area contributed by atoms with Crippen LogP contribution in [0.25, 0.3) is 0 Å². The molecule has 0 amide bonds. The van der Waals surface area contributed by atoms with Gasteiger partial charge in [0.15, 0.2) is 0 Å². The molecule has 0 rings (SSSR count). The van der Waals surface area contributed by atoms with Crippen LogP contribution >= 0.6 is 7.82 Å². The summed E-state index contributed by atoms with van der Waals surface area (Å²) in [5.74, 6) is 0. The van der Waals surface area contributed by atoms with Crippen molar-refractivity contribution in [2.75, 3.05) is 0 Å². The second-order valence-corrected chi connectivity index (χ2v) is 1.54. The van der Waals surface area contributed by atoms with Crippen LogP contribution in [0.4, 0.5) is 4.70 Å². The Morgan fingerprint density at radius 1 is 1.14 bits per heavy atom. The van der Waals surface area contributed by atoms with Crippen LogP contribution in [0.3, 0.4) is 0 Å². The molecule has 4 nitrogen and oxygen atoms in total. The quantitative estimate of drug-likeness (QED) is 0.286. The molecule has 0 saturated carbocycles. The van der Waals surface area contributed by atoms with E-state index in [9.17, 15) is 0 Å². The SMILES string of the molecule is F.O=P(O)(O)O.[NaH]. The van der Waals surface area contributed by atoms with E-state index in [0.717, 1.165) is 0 Å². The van der Waals surface area contributed by atoms with E-state index in [4.69, 9.17) is 19.2 Å². The standard InChI is InChI=1S/FH.Na.H3O4P.H/c;;1-5(2,3)4;/h1H;;(H3,1,2,3,4);. The fourth-order valence-corrected chi connectivity index (χ4v) is 0. The Morgan fingerprint density at radius 2 is 1.14 bits per heavy atom. The summed E-state index contributed by atoms with van der Waals surface area (Å²) in [6, 6.07) is 0. The Bertz CT molecular complexity index is 57.8. The van der Waals surface area contributed by atoms with Gasteiger partial charge in [-0.3, -0.25) is 4.70 Å². The van der Waals surface area contributed by atoms with Gasteiger partial charge in [-0.25, -0.2) is 4.57 Å². The van der Waals surface area contributed by atoms with Crippen molar-refractivity contribution in [1.29, 1.82) is 0 Å². The molecular formula is H5FNaO4P. The monoisotopic (exact) mass is 142 g/mol. The molecule has 0 spiro atoms. The second-order valence-electron chi connectivity index (χ2n) is 0.513. The van der Waals surface area contributed by atoms with Crippen LogP contribution in [-0.2, 0) is 4.57 Å². The zero-order chi connectivity index (χ0) is 4.50. The van der Waals surface area contributed by atoms with Gasteiger partial charge < -0.3 is 14.7 Å². The molecule has 0 aromatic heterocycles. The Balaban J connectivity index is -0.0000000800. The van der Waals surface area contributed by atoms with Gasteiger partial charge in [-0.2, -0.15) is 0 Å². The summed E-state index contributed by atoms with van der Waals surface area (Å²) in [5, 5.41) is 0. The second kappa shape index (κ2) is 5.18. The van der Waals surface area contributed by atoms with Gasteiger partial charge in [0.2, 0.25) is 0 Å². The predicted molar refractivity (Wildman–Crippen MR) is 23.9 cm³/mol. The molecule has 0 heterocycles. The molecule has 0 aliphatic rings. The van der Waals surface area contributed by atoms with E-state index in [2.05, 4.69) is 0 Å². The van der Waals surface area contributed by atoms with Gasteiger partial charge >= 0.3 is 37.4 Å². The van der Waals surface area contributed by atoms with Gasteiger partial charge in [-0.15, -0.1) is 0 Å². The van der Waals surface area contributed by atoms with Crippen LogP contribution in [0.5, 0.6) is 0 Å². The van der Waals surface area contributed by atoms with Gasteiger partial charge in [0.25, 0.3) is 0 Å². The number of phosphoric acid groups is 1. The summed E-state index contributed by atoms with van der Waals surface area (Å²) in [4.78, 5) is 21.6. The van der Waals surface area contributed by atoms with E-state index in [1.165, 1.54) is 0 Å². The number of hydrogen-bond acceptors (Lipinski definition) is 1.